The number of aryl methyl sites for hydroxylation is 1. The minimum absolute atomic E-state index is 0. The average Bonchev–Trinajstić information content (AvgIpc) is 2.55. The van der Waals surface area contributed by atoms with Crippen LogP contribution in [0, 0.1) is 6.92 Å². The lowest BCUT2D eigenvalue weighted by Gasteiger charge is -2.27. The number of rotatable bonds is 4. The topological polar surface area (TPSA) is 57.3 Å². The van der Waals surface area contributed by atoms with Gasteiger partial charge < -0.3 is 10.6 Å². The van der Waals surface area contributed by atoms with Crippen molar-refractivity contribution < 1.29 is 4.79 Å². The average molecular weight is 371 g/mol. The van der Waals surface area contributed by atoms with E-state index in [-0.39, 0.29) is 30.7 Å². The van der Waals surface area contributed by atoms with Crippen molar-refractivity contribution in [2.75, 3.05) is 39.3 Å². The molecule has 3 rings (SSSR count). The number of benzene rings is 1. The van der Waals surface area contributed by atoms with Crippen LogP contribution in [0.15, 0.2) is 30.3 Å². The van der Waals surface area contributed by atoms with E-state index in [2.05, 4.69) is 20.5 Å². The maximum Gasteiger partial charge on any atom is 0.253 e. The molecule has 0 unspecified atom stereocenters. The minimum Gasteiger partial charge on any atom is -0.351 e. The van der Waals surface area contributed by atoms with E-state index >= 15 is 0 Å². The SMILES string of the molecule is Cc1ccc2cccc(C(=O)NCCN3CCNCC3)c2n1.Cl.Cl. The molecule has 0 aliphatic carbocycles. The fourth-order valence-corrected chi connectivity index (χ4v) is 2.79. The second-order valence-electron chi connectivity index (χ2n) is 5.68. The highest BCUT2D eigenvalue weighted by molar-refractivity contribution is 6.05. The molecule has 0 bridgehead atoms. The summed E-state index contributed by atoms with van der Waals surface area (Å²) in [7, 11) is 0. The van der Waals surface area contributed by atoms with Crippen LogP contribution in [0.4, 0.5) is 0 Å². The molecule has 24 heavy (non-hydrogen) atoms. The molecule has 1 aromatic heterocycles. The van der Waals surface area contributed by atoms with Gasteiger partial charge in [-0.3, -0.25) is 14.7 Å². The van der Waals surface area contributed by atoms with E-state index in [4.69, 9.17) is 0 Å². The Balaban J connectivity index is 0.00000144. The van der Waals surface area contributed by atoms with Crippen LogP contribution in [-0.2, 0) is 0 Å². The van der Waals surface area contributed by atoms with Crippen LogP contribution in [-0.4, -0.2) is 55.1 Å². The van der Waals surface area contributed by atoms with Gasteiger partial charge in [0.15, 0.2) is 0 Å². The first-order chi connectivity index (χ1) is 10.7. The first-order valence-electron chi connectivity index (χ1n) is 7.82. The van der Waals surface area contributed by atoms with Crippen LogP contribution < -0.4 is 10.6 Å². The Bertz CT molecular complexity index is 675. The second-order valence-corrected chi connectivity index (χ2v) is 5.68. The van der Waals surface area contributed by atoms with E-state index in [1.54, 1.807) is 0 Å². The van der Waals surface area contributed by atoms with Gasteiger partial charge in [0.1, 0.15) is 0 Å². The van der Waals surface area contributed by atoms with E-state index < -0.39 is 0 Å². The van der Waals surface area contributed by atoms with Crippen molar-refractivity contribution in [1.29, 1.82) is 0 Å². The summed E-state index contributed by atoms with van der Waals surface area (Å²) in [5.41, 5.74) is 2.36. The monoisotopic (exact) mass is 370 g/mol. The molecule has 0 atom stereocenters. The number of hydrogen-bond donors (Lipinski definition) is 2. The Morgan fingerprint density at radius 3 is 2.71 bits per heavy atom. The molecule has 1 aromatic carbocycles. The van der Waals surface area contributed by atoms with Crippen LogP contribution in [0.3, 0.4) is 0 Å². The Kier molecular flexibility index (Phi) is 8.42. The summed E-state index contributed by atoms with van der Waals surface area (Å²) in [4.78, 5) is 19.3. The number of carbonyl (C=O) groups excluding carboxylic acids is 1. The molecule has 2 aromatic rings. The molecule has 1 fully saturated rings. The number of pyridine rings is 1. The van der Waals surface area contributed by atoms with Gasteiger partial charge in [0, 0.05) is 50.3 Å². The predicted molar refractivity (Wildman–Crippen MR) is 103 cm³/mol. The molecule has 1 saturated heterocycles. The number of hydrogen-bond acceptors (Lipinski definition) is 4. The molecule has 2 N–H and O–H groups in total. The van der Waals surface area contributed by atoms with Crippen LogP contribution >= 0.6 is 24.8 Å². The molecular formula is C17H24Cl2N4O. The molecule has 132 valence electrons. The smallest absolute Gasteiger partial charge is 0.253 e. The Hall–Kier alpha value is -1.40. The Morgan fingerprint density at radius 2 is 1.96 bits per heavy atom. The van der Waals surface area contributed by atoms with E-state index in [0.29, 0.717) is 12.1 Å². The number of halogens is 2. The van der Waals surface area contributed by atoms with E-state index in [9.17, 15) is 4.79 Å². The molecule has 2 heterocycles. The summed E-state index contributed by atoms with van der Waals surface area (Å²) in [6.45, 7) is 7.65. The molecule has 1 aliphatic heterocycles. The maximum atomic E-state index is 12.4. The number of aromatic nitrogens is 1. The van der Waals surface area contributed by atoms with E-state index in [1.165, 1.54) is 0 Å². The number of amides is 1. The van der Waals surface area contributed by atoms with Gasteiger partial charge in [0.25, 0.3) is 5.91 Å². The normalized spacial score (nSPS) is 14.5. The lowest BCUT2D eigenvalue weighted by molar-refractivity contribution is 0.0949. The van der Waals surface area contributed by atoms with Crippen molar-refractivity contribution in [1.82, 2.24) is 20.5 Å². The summed E-state index contributed by atoms with van der Waals surface area (Å²) in [5, 5.41) is 7.35. The first kappa shape index (κ1) is 20.6. The van der Waals surface area contributed by atoms with Gasteiger partial charge in [-0.15, -0.1) is 24.8 Å². The van der Waals surface area contributed by atoms with E-state index in [0.717, 1.165) is 49.3 Å². The van der Waals surface area contributed by atoms with Gasteiger partial charge >= 0.3 is 0 Å². The van der Waals surface area contributed by atoms with Gasteiger partial charge in [-0.25, -0.2) is 0 Å². The van der Waals surface area contributed by atoms with Crippen molar-refractivity contribution in [2.45, 2.75) is 6.92 Å². The van der Waals surface area contributed by atoms with Gasteiger partial charge in [0.05, 0.1) is 11.1 Å². The lowest BCUT2D eigenvalue weighted by Crippen LogP contribution is -2.46. The zero-order valence-corrected chi connectivity index (χ0v) is 15.4. The van der Waals surface area contributed by atoms with Gasteiger partial charge in [-0.05, 0) is 19.1 Å². The summed E-state index contributed by atoms with van der Waals surface area (Å²) in [6.07, 6.45) is 0. The molecule has 5 nitrogen and oxygen atoms in total. The van der Waals surface area contributed by atoms with Crippen molar-refractivity contribution in [3.63, 3.8) is 0 Å². The maximum absolute atomic E-state index is 12.4. The largest absolute Gasteiger partial charge is 0.351 e. The highest BCUT2D eigenvalue weighted by atomic mass is 35.5. The van der Waals surface area contributed by atoms with Crippen LogP contribution in [0.1, 0.15) is 16.1 Å². The minimum atomic E-state index is -0.0427. The molecular weight excluding hydrogens is 347 g/mol. The summed E-state index contributed by atoms with van der Waals surface area (Å²) in [6, 6.07) is 9.71. The molecule has 0 radical (unpaired) electrons. The zero-order valence-electron chi connectivity index (χ0n) is 13.7. The molecule has 1 amide bonds. The summed E-state index contributed by atoms with van der Waals surface area (Å²) in [5.74, 6) is -0.0427. The Labute approximate surface area is 155 Å². The third kappa shape index (κ3) is 5.05. The molecule has 1 aliphatic rings. The van der Waals surface area contributed by atoms with Crippen LogP contribution in [0.2, 0.25) is 0 Å². The van der Waals surface area contributed by atoms with Crippen LogP contribution in [0.5, 0.6) is 0 Å². The van der Waals surface area contributed by atoms with Gasteiger partial charge in [-0.2, -0.15) is 0 Å². The Morgan fingerprint density at radius 1 is 1.21 bits per heavy atom. The number of carbonyl (C=O) groups is 1. The number of para-hydroxylation sites is 1. The first-order valence-corrected chi connectivity index (χ1v) is 7.82. The van der Waals surface area contributed by atoms with Gasteiger partial charge in [0.2, 0.25) is 0 Å². The predicted octanol–water partition coefficient (Wildman–Crippen LogP) is 2.02. The third-order valence-electron chi connectivity index (χ3n) is 4.03. The van der Waals surface area contributed by atoms with E-state index in [1.807, 2.05) is 37.3 Å². The summed E-state index contributed by atoms with van der Waals surface area (Å²) < 4.78 is 0. The third-order valence-corrected chi connectivity index (χ3v) is 4.03. The number of nitrogens with zero attached hydrogens (tertiary/aromatic N) is 2. The highest BCUT2D eigenvalue weighted by Gasteiger charge is 2.12. The molecule has 0 spiro atoms. The number of nitrogens with one attached hydrogen (secondary N) is 2. The quantitative estimate of drug-likeness (QED) is 0.864. The fourth-order valence-electron chi connectivity index (χ4n) is 2.79. The van der Waals surface area contributed by atoms with Crippen LogP contribution in [0.25, 0.3) is 10.9 Å². The number of fused-ring (bicyclic) bond motifs is 1. The second kappa shape index (κ2) is 9.79. The fraction of sp³-hybridized carbons (Fsp3) is 0.412. The van der Waals surface area contributed by atoms with Crippen molar-refractivity contribution in [3.8, 4) is 0 Å². The highest BCUT2D eigenvalue weighted by Crippen LogP contribution is 2.17. The summed E-state index contributed by atoms with van der Waals surface area (Å²) >= 11 is 0. The standard InChI is InChI=1S/C17H22N4O.2ClH/c1-13-5-6-14-3-2-4-15(16(14)20-13)17(22)19-9-12-21-10-7-18-8-11-21;;/h2-6,18H,7-12H2,1H3,(H,19,22);2*1H. The molecule has 7 heteroatoms. The van der Waals surface area contributed by atoms with Crippen molar-refractivity contribution in [2.24, 2.45) is 0 Å². The van der Waals surface area contributed by atoms with Crippen molar-refractivity contribution >= 4 is 41.6 Å². The lowest BCUT2D eigenvalue weighted by atomic mass is 10.1. The molecule has 0 saturated carbocycles. The zero-order chi connectivity index (χ0) is 15.4. The van der Waals surface area contributed by atoms with Crippen molar-refractivity contribution in [3.05, 3.63) is 41.6 Å². The number of piperazine rings is 1. The van der Waals surface area contributed by atoms with Gasteiger partial charge in [-0.1, -0.05) is 18.2 Å².